The molecule has 0 N–H and O–H groups in total. The van der Waals surface area contributed by atoms with E-state index < -0.39 is 47.9 Å². The molecule has 2 aromatic carbocycles. The molecule has 9 nitrogen and oxygen atoms in total. The summed E-state index contributed by atoms with van der Waals surface area (Å²) < 4.78 is 46.8. The Morgan fingerprint density at radius 3 is 2.23 bits per heavy atom. The first-order valence-electron chi connectivity index (χ1n) is 13.1. The van der Waals surface area contributed by atoms with Crippen LogP contribution in [-0.4, -0.2) is 52.7 Å². The van der Waals surface area contributed by atoms with E-state index in [0.717, 1.165) is 6.20 Å². The molecule has 1 aromatic heterocycles. The minimum atomic E-state index is -0.991. The quantitative estimate of drug-likeness (QED) is 0.330. The topological polar surface area (TPSA) is 100.0 Å². The van der Waals surface area contributed by atoms with Gasteiger partial charge in [-0.3, -0.25) is 14.3 Å². The number of amides is 1. The smallest absolute Gasteiger partial charge is 0.451 e. The van der Waals surface area contributed by atoms with Gasteiger partial charge in [0.15, 0.2) is 5.69 Å². The number of aromatic nitrogens is 2. The number of rotatable bonds is 6. The fourth-order valence-electron chi connectivity index (χ4n) is 5.62. The molecule has 0 saturated carbocycles. The van der Waals surface area contributed by atoms with Gasteiger partial charge in [0, 0.05) is 18.5 Å². The van der Waals surface area contributed by atoms with Crippen LogP contribution in [0.25, 0.3) is 0 Å². The van der Waals surface area contributed by atoms with Crippen molar-refractivity contribution in [2.24, 2.45) is 0 Å². The average Bonchev–Trinajstić information content (AvgIpc) is 3.09. The van der Waals surface area contributed by atoms with Gasteiger partial charge in [0.2, 0.25) is 18.0 Å². The molecule has 0 bridgehead atoms. The minimum absolute atomic E-state index is 0.0845. The largest absolute Gasteiger partial charge is 0.511 e. The maximum absolute atomic E-state index is 15.2. The Morgan fingerprint density at radius 2 is 1.65 bits per heavy atom. The molecule has 1 unspecified atom stereocenters. The molecule has 2 aliphatic rings. The highest BCUT2D eigenvalue weighted by Crippen LogP contribution is 2.45. The normalized spacial score (nSPS) is 16.6. The molecule has 40 heavy (non-hydrogen) atoms. The molecule has 1 amide bonds. The van der Waals surface area contributed by atoms with Crippen LogP contribution in [0.2, 0.25) is 0 Å². The molecule has 1 aliphatic heterocycles. The monoisotopic (exact) mass is 553 g/mol. The van der Waals surface area contributed by atoms with Crippen molar-refractivity contribution in [1.82, 2.24) is 14.7 Å². The Labute approximate surface area is 229 Å². The maximum atomic E-state index is 15.2. The number of ether oxygens (including phenoxy) is 3. The van der Waals surface area contributed by atoms with Crippen molar-refractivity contribution >= 4 is 12.1 Å². The molecule has 0 spiro atoms. The van der Waals surface area contributed by atoms with Crippen LogP contribution >= 0.6 is 0 Å². The van der Waals surface area contributed by atoms with Crippen molar-refractivity contribution in [1.29, 1.82) is 0 Å². The molecule has 0 fully saturated rings. The zero-order chi connectivity index (χ0) is 28.6. The van der Waals surface area contributed by atoms with E-state index in [2.05, 4.69) is 5.10 Å². The van der Waals surface area contributed by atoms with Crippen molar-refractivity contribution < 1.29 is 32.6 Å². The highest BCUT2D eigenvalue weighted by molar-refractivity contribution is 5.96. The van der Waals surface area contributed by atoms with Gasteiger partial charge in [0.1, 0.15) is 11.6 Å². The Morgan fingerprint density at radius 1 is 1.02 bits per heavy atom. The SMILES string of the molecule is CCOC(=O)OCOc1c2n(ncc1=O)C(C1c3cccc(F)c3CCc3c(F)cccc31)CN(C(C)C)C2=O. The Balaban J connectivity index is 1.69. The van der Waals surface area contributed by atoms with Gasteiger partial charge in [0.25, 0.3) is 5.91 Å². The van der Waals surface area contributed by atoms with Gasteiger partial charge in [-0.15, -0.1) is 0 Å². The Kier molecular flexibility index (Phi) is 7.55. The van der Waals surface area contributed by atoms with Crippen LogP contribution in [0.15, 0.2) is 47.4 Å². The zero-order valence-corrected chi connectivity index (χ0v) is 22.4. The van der Waals surface area contributed by atoms with Crippen LogP contribution in [0.5, 0.6) is 5.75 Å². The summed E-state index contributed by atoms with van der Waals surface area (Å²) in [7, 11) is 0. The van der Waals surface area contributed by atoms with Gasteiger partial charge >= 0.3 is 6.16 Å². The minimum Gasteiger partial charge on any atom is -0.451 e. The Bertz CT molecular complexity index is 1470. The number of carbonyl (C=O) groups is 2. The summed E-state index contributed by atoms with van der Waals surface area (Å²) >= 11 is 0. The molecule has 11 heteroatoms. The lowest BCUT2D eigenvalue weighted by molar-refractivity contribution is 0.00509. The first-order valence-corrected chi connectivity index (χ1v) is 13.1. The van der Waals surface area contributed by atoms with E-state index in [1.54, 1.807) is 24.0 Å². The summed E-state index contributed by atoms with van der Waals surface area (Å²) in [5, 5.41) is 4.33. The summed E-state index contributed by atoms with van der Waals surface area (Å²) in [6.07, 6.45) is 0.630. The van der Waals surface area contributed by atoms with Gasteiger partial charge < -0.3 is 19.1 Å². The lowest BCUT2D eigenvalue weighted by Gasteiger charge is -2.41. The molecular weight excluding hydrogens is 524 g/mol. The van der Waals surface area contributed by atoms with E-state index in [0.29, 0.717) is 35.1 Å². The molecule has 0 radical (unpaired) electrons. The van der Waals surface area contributed by atoms with Gasteiger partial charge in [-0.1, -0.05) is 24.3 Å². The van der Waals surface area contributed by atoms with Crippen LogP contribution in [-0.2, 0) is 22.3 Å². The van der Waals surface area contributed by atoms with Crippen molar-refractivity contribution in [2.45, 2.75) is 51.6 Å². The standard InChI is InChI=1S/C29H29F2N3O6/c1-4-38-29(37)40-15-39-27-24(35)13-32-34-23(14-33(16(2)3)28(36)26(27)34)25-19-7-5-9-21(30)17(19)11-12-18-20(25)8-6-10-22(18)31/h5-10,13,16,23,25H,4,11-12,14-15H2,1-3H3. The van der Waals surface area contributed by atoms with Crippen LogP contribution in [0.4, 0.5) is 13.6 Å². The van der Waals surface area contributed by atoms with Crippen molar-refractivity contribution in [2.75, 3.05) is 19.9 Å². The summed E-state index contributed by atoms with van der Waals surface area (Å²) in [6.45, 7) is 4.84. The molecule has 210 valence electrons. The number of hydrogen-bond acceptors (Lipinski definition) is 7. The molecule has 1 aliphatic carbocycles. The summed E-state index contributed by atoms with van der Waals surface area (Å²) in [5.41, 5.74) is 1.44. The fourth-order valence-corrected chi connectivity index (χ4v) is 5.62. The Hall–Kier alpha value is -4.28. The number of hydrogen-bond donors (Lipinski definition) is 0. The zero-order valence-electron chi connectivity index (χ0n) is 22.4. The van der Waals surface area contributed by atoms with Gasteiger partial charge in [-0.25, -0.2) is 13.6 Å². The van der Waals surface area contributed by atoms with Crippen molar-refractivity contribution in [3.63, 3.8) is 0 Å². The summed E-state index contributed by atoms with van der Waals surface area (Å²) in [6, 6.07) is 8.67. The lowest BCUT2D eigenvalue weighted by Crippen LogP contribution is -2.50. The first-order chi connectivity index (χ1) is 19.2. The number of benzene rings is 2. The number of carbonyl (C=O) groups excluding carboxylic acids is 2. The highest BCUT2D eigenvalue weighted by atomic mass is 19.1. The lowest BCUT2D eigenvalue weighted by atomic mass is 9.81. The summed E-state index contributed by atoms with van der Waals surface area (Å²) in [4.78, 5) is 39.8. The fraction of sp³-hybridized carbons (Fsp3) is 0.379. The van der Waals surface area contributed by atoms with E-state index in [-0.39, 0.29) is 30.6 Å². The van der Waals surface area contributed by atoms with Gasteiger partial charge in [0.05, 0.1) is 18.8 Å². The van der Waals surface area contributed by atoms with Crippen LogP contribution in [0, 0.1) is 11.6 Å². The average molecular weight is 554 g/mol. The van der Waals surface area contributed by atoms with E-state index in [4.69, 9.17) is 14.2 Å². The predicted octanol–water partition coefficient (Wildman–Crippen LogP) is 4.37. The van der Waals surface area contributed by atoms with Crippen LogP contribution in [0.3, 0.4) is 0 Å². The number of fused-ring (bicyclic) bond motifs is 3. The van der Waals surface area contributed by atoms with Crippen LogP contribution < -0.4 is 10.2 Å². The summed E-state index contributed by atoms with van der Waals surface area (Å²) in [5.74, 6) is -2.24. The third-order valence-electron chi connectivity index (χ3n) is 7.38. The maximum Gasteiger partial charge on any atom is 0.511 e. The first kappa shape index (κ1) is 27.3. The second-order valence-corrected chi connectivity index (χ2v) is 9.93. The third kappa shape index (κ3) is 4.80. The van der Waals surface area contributed by atoms with Crippen molar-refractivity contribution in [3.8, 4) is 5.75 Å². The second kappa shape index (κ2) is 11.1. The van der Waals surface area contributed by atoms with E-state index >= 15 is 8.78 Å². The van der Waals surface area contributed by atoms with Crippen LogP contribution in [0.1, 0.15) is 65.5 Å². The van der Waals surface area contributed by atoms with Crippen molar-refractivity contribution in [3.05, 3.63) is 92.4 Å². The number of halogens is 2. The highest BCUT2D eigenvalue weighted by Gasteiger charge is 2.43. The molecule has 5 rings (SSSR count). The third-order valence-corrected chi connectivity index (χ3v) is 7.38. The molecule has 0 saturated heterocycles. The molecule has 3 aromatic rings. The number of nitrogens with zero attached hydrogens (tertiary/aromatic N) is 3. The molecule has 2 heterocycles. The van der Waals surface area contributed by atoms with E-state index in [9.17, 15) is 14.4 Å². The molecule has 1 atom stereocenters. The molecular formula is C29H29F2N3O6. The second-order valence-electron chi connectivity index (χ2n) is 9.93. The van der Waals surface area contributed by atoms with Gasteiger partial charge in [-0.2, -0.15) is 5.10 Å². The van der Waals surface area contributed by atoms with E-state index in [1.165, 1.54) is 16.8 Å². The van der Waals surface area contributed by atoms with E-state index in [1.807, 2.05) is 26.0 Å². The predicted molar refractivity (Wildman–Crippen MR) is 139 cm³/mol. The van der Waals surface area contributed by atoms with Gasteiger partial charge in [-0.05, 0) is 68.0 Å².